The molecule has 0 aliphatic heterocycles. The summed E-state index contributed by atoms with van der Waals surface area (Å²) >= 11 is -0.682. The molecular weight excluding hydrogens is 382 g/mol. The van der Waals surface area contributed by atoms with Gasteiger partial charge in [0.15, 0.2) is 0 Å². The van der Waals surface area contributed by atoms with Gasteiger partial charge in [0, 0.05) is 0 Å². The van der Waals surface area contributed by atoms with Gasteiger partial charge in [-0.1, -0.05) is 0 Å². The topological polar surface area (TPSA) is 89.8 Å². The van der Waals surface area contributed by atoms with E-state index >= 15 is 0 Å². The Morgan fingerprint density at radius 2 is 1.88 bits per heavy atom. The fourth-order valence-electron chi connectivity index (χ4n) is 1.31. The molecule has 1 aromatic carbocycles. The molecule has 2 rings (SSSR count). The molecule has 0 amide bonds. The normalized spacial score (nSPS) is 10.3. The average Bonchev–Trinajstić information content (AvgIpc) is 2.30. The standard InChI is InChI=1S/C10H9N4.Ir.H2N/c11-9-6-8(13-10(12)14-9)7-4-2-1-3-5-7;;/h1-6H,(H3-,11,12,13,14);;1H2/q-1;+2;-1. The summed E-state index contributed by atoms with van der Waals surface area (Å²) in [6.07, 6.45) is 0. The van der Waals surface area contributed by atoms with Crippen LogP contribution in [0.25, 0.3) is 11.3 Å². The van der Waals surface area contributed by atoms with Crippen molar-refractivity contribution in [3.8, 4) is 11.3 Å². The van der Waals surface area contributed by atoms with Gasteiger partial charge in [0.25, 0.3) is 0 Å². The zero-order chi connectivity index (χ0) is 11.4. The Kier molecular flexibility index (Phi) is 3.46. The first kappa shape index (κ1) is 11.0. The first-order chi connectivity index (χ1) is 7.79. The Labute approximate surface area is 102 Å². The van der Waals surface area contributed by atoms with E-state index < -0.39 is 18.2 Å². The number of nitrogens with one attached hydrogen (secondary N) is 1. The monoisotopic (exact) mass is 394 g/mol. The van der Waals surface area contributed by atoms with Crippen LogP contribution in [0.4, 0.5) is 11.8 Å². The van der Waals surface area contributed by atoms with Crippen LogP contribution in [0.15, 0.2) is 36.4 Å². The molecule has 16 heavy (non-hydrogen) atoms. The number of aromatic nitrogens is 2. The summed E-state index contributed by atoms with van der Waals surface area (Å²) in [6, 6.07) is 11.7. The van der Waals surface area contributed by atoms with Crippen LogP contribution in [0, 0.1) is 0 Å². The fraction of sp³-hybridized carbons (Fsp3) is 0. The second-order valence-corrected chi connectivity index (χ2v) is 4.33. The molecule has 85 valence electrons. The molecule has 0 atom stereocenters. The molecule has 0 saturated carbocycles. The summed E-state index contributed by atoms with van der Waals surface area (Å²) < 4.78 is 8.54. The van der Waals surface area contributed by atoms with E-state index in [4.69, 9.17) is 10.1 Å². The molecule has 0 aliphatic rings. The van der Waals surface area contributed by atoms with E-state index in [-0.39, 0.29) is 5.95 Å². The number of benzene rings is 1. The van der Waals surface area contributed by atoms with Gasteiger partial charge in [-0.2, -0.15) is 0 Å². The molecule has 0 radical (unpaired) electrons. The molecule has 0 fully saturated rings. The zero-order valence-corrected chi connectivity index (χ0v) is 10.7. The maximum atomic E-state index is 5.64. The minimum absolute atomic E-state index is 0.254. The van der Waals surface area contributed by atoms with Crippen LogP contribution < -0.4 is 14.1 Å². The number of nitrogens with zero attached hydrogens (tertiary/aromatic N) is 2. The molecule has 2 aromatic rings. The van der Waals surface area contributed by atoms with Gasteiger partial charge < -0.3 is 0 Å². The quantitative estimate of drug-likeness (QED) is 0.724. The van der Waals surface area contributed by atoms with E-state index in [1.807, 2.05) is 36.4 Å². The van der Waals surface area contributed by atoms with E-state index in [9.17, 15) is 0 Å². The van der Waals surface area contributed by atoms with Gasteiger partial charge in [0.2, 0.25) is 0 Å². The van der Waals surface area contributed by atoms with E-state index in [1.54, 1.807) is 0 Å². The van der Waals surface area contributed by atoms with Crippen LogP contribution in [0.3, 0.4) is 0 Å². The Morgan fingerprint density at radius 3 is 2.56 bits per heavy atom. The Morgan fingerprint density at radius 1 is 1.12 bits per heavy atom. The third-order valence-corrected chi connectivity index (χ3v) is 2.91. The van der Waals surface area contributed by atoms with E-state index in [0.717, 1.165) is 11.3 Å². The summed E-state index contributed by atoms with van der Waals surface area (Å²) in [5.41, 5.74) is 7.45. The average molecular weight is 393 g/mol. The maximum absolute atomic E-state index is 5.64. The number of hydrogen-bond acceptors (Lipinski definition) is 5. The fourth-order valence-corrected chi connectivity index (χ4v) is 1.98. The Hall–Kier alpha value is -1.49. The van der Waals surface area contributed by atoms with Crippen molar-refractivity contribution in [2.75, 3.05) is 9.72 Å². The first-order valence-electron chi connectivity index (χ1n) is 4.53. The van der Waals surface area contributed by atoms with Crippen LogP contribution >= 0.6 is 0 Å². The molecule has 5 N–H and O–H groups in total. The zero-order valence-electron chi connectivity index (χ0n) is 8.35. The molecular formula is C10H11IrN5. The van der Waals surface area contributed by atoms with Crippen LogP contribution in [0.5, 0.6) is 0 Å². The Balaban J connectivity index is 2.41. The van der Waals surface area contributed by atoms with Crippen molar-refractivity contribution in [2.45, 2.75) is 0 Å². The number of nitrogen functional groups attached to an aromatic ring is 1. The molecule has 0 unspecified atom stereocenters. The van der Waals surface area contributed by atoms with Gasteiger partial charge in [-0.25, -0.2) is 0 Å². The summed E-state index contributed by atoms with van der Waals surface area (Å²) in [4.78, 5) is 8.24. The number of hydrogen-bond donors (Lipinski definition) is 3. The van der Waals surface area contributed by atoms with Crippen molar-refractivity contribution in [1.29, 1.82) is 0 Å². The van der Waals surface area contributed by atoms with Crippen molar-refractivity contribution < 1.29 is 18.2 Å². The number of rotatable bonds is 3. The van der Waals surface area contributed by atoms with Gasteiger partial charge in [-0.15, -0.1) is 0 Å². The van der Waals surface area contributed by atoms with E-state index in [0.29, 0.717) is 5.82 Å². The van der Waals surface area contributed by atoms with Crippen LogP contribution in [0.2, 0.25) is 0 Å². The van der Waals surface area contributed by atoms with Gasteiger partial charge in [0.1, 0.15) is 0 Å². The summed E-state index contributed by atoms with van der Waals surface area (Å²) in [6.45, 7) is 0. The van der Waals surface area contributed by atoms with Gasteiger partial charge >= 0.3 is 102 Å². The first-order valence-corrected chi connectivity index (χ1v) is 7.11. The van der Waals surface area contributed by atoms with Crippen molar-refractivity contribution in [1.82, 2.24) is 9.97 Å². The number of anilines is 2. The van der Waals surface area contributed by atoms with Crippen molar-refractivity contribution in [3.63, 3.8) is 0 Å². The van der Waals surface area contributed by atoms with E-state index in [1.165, 1.54) is 0 Å². The number of nitrogens with two attached hydrogens (primary N) is 2. The third-order valence-electron chi connectivity index (χ3n) is 1.95. The van der Waals surface area contributed by atoms with E-state index in [2.05, 4.69) is 14.0 Å². The molecule has 5 nitrogen and oxygen atoms in total. The minimum atomic E-state index is -0.682. The molecule has 1 heterocycles. The van der Waals surface area contributed by atoms with Crippen molar-refractivity contribution >= 4 is 11.8 Å². The van der Waals surface area contributed by atoms with Crippen LogP contribution in [-0.4, -0.2) is 9.97 Å². The molecule has 0 saturated heterocycles. The predicted molar refractivity (Wildman–Crippen MR) is 59.7 cm³/mol. The van der Waals surface area contributed by atoms with Crippen LogP contribution in [-0.2, 0) is 18.2 Å². The molecule has 0 spiro atoms. The summed E-state index contributed by atoms with van der Waals surface area (Å²) in [5, 5.41) is 0. The third kappa shape index (κ3) is 2.55. The second kappa shape index (κ2) is 5.03. The Bertz CT molecular complexity index is 474. The van der Waals surface area contributed by atoms with Gasteiger partial charge in [0.05, 0.1) is 0 Å². The summed E-state index contributed by atoms with van der Waals surface area (Å²) in [7, 11) is 0. The van der Waals surface area contributed by atoms with Gasteiger partial charge in [-0.05, 0) is 0 Å². The SMILES string of the molecule is [NH2][Ir][NH]c1cc(-c2ccccc2)nc(N)n1. The van der Waals surface area contributed by atoms with Crippen molar-refractivity contribution in [2.24, 2.45) is 4.40 Å². The summed E-state index contributed by atoms with van der Waals surface area (Å²) in [5.74, 6) is 0.942. The van der Waals surface area contributed by atoms with Gasteiger partial charge in [-0.3, -0.25) is 0 Å². The predicted octanol–water partition coefficient (Wildman–Crippen LogP) is 1.01. The van der Waals surface area contributed by atoms with Crippen LogP contribution in [0.1, 0.15) is 0 Å². The van der Waals surface area contributed by atoms with Crippen molar-refractivity contribution in [3.05, 3.63) is 36.4 Å². The molecule has 0 bridgehead atoms. The molecule has 1 aromatic heterocycles. The molecule has 0 aliphatic carbocycles. The molecule has 6 heteroatoms. The second-order valence-electron chi connectivity index (χ2n) is 3.04.